The standard InChI is InChI=1S/C27H21N3O2S/c1-3-30-22-11-7-4-8-17(22)19-14-16(12-13-23(19)30)28-26(31)24-15-20-25(33-24)18-9-5-6-10-21(18)29(2)27(20)32/h4-15H,3H2,1-2H3,(H,28,31). The number of aryl methyl sites for hydroxylation is 2. The molecule has 0 aliphatic carbocycles. The van der Waals surface area contributed by atoms with Crippen LogP contribution < -0.4 is 10.9 Å². The van der Waals surface area contributed by atoms with E-state index in [1.807, 2.05) is 48.5 Å². The lowest BCUT2D eigenvalue weighted by Gasteiger charge is -2.06. The average molecular weight is 452 g/mol. The highest BCUT2D eigenvalue weighted by Crippen LogP contribution is 2.33. The third-order valence-electron chi connectivity index (χ3n) is 6.35. The molecule has 0 bridgehead atoms. The number of benzene rings is 3. The maximum atomic E-state index is 13.2. The Hall–Kier alpha value is -3.90. The highest BCUT2D eigenvalue weighted by atomic mass is 32.1. The molecule has 0 radical (unpaired) electrons. The van der Waals surface area contributed by atoms with Gasteiger partial charge in [0.2, 0.25) is 0 Å². The second-order valence-electron chi connectivity index (χ2n) is 8.18. The maximum absolute atomic E-state index is 13.2. The Morgan fingerprint density at radius 1 is 0.848 bits per heavy atom. The number of nitrogens with one attached hydrogen (secondary N) is 1. The molecule has 3 heterocycles. The lowest BCUT2D eigenvalue weighted by Crippen LogP contribution is -2.16. The predicted octanol–water partition coefficient (Wildman–Crippen LogP) is 6.13. The summed E-state index contributed by atoms with van der Waals surface area (Å²) in [5.74, 6) is -0.207. The van der Waals surface area contributed by atoms with Crippen molar-refractivity contribution in [2.75, 3.05) is 5.32 Å². The number of para-hydroxylation sites is 2. The number of carbonyl (C=O) groups excluding carboxylic acids is 1. The van der Waals surface area contributed by atoms with Crippen molar-refractivity contribution in [3.05, 3.63) is 88.0 Å². The Balaban J connectivity index is 1.43. The van der Waals surface area contributed by atoms with Gasteiger partial charge in [-0.05, 0) is 43.3 Å². The molecule has 3 aromatic heterocycles. The largest absolute Gasteiger partial charge is 0.341 e. The van der Waals surface area contributed by atoms with E-state index in [2.05, 4.69) is 35.0 Å². The minimum absolute atomic E-state index is 0.0900. The molecule has 0 unspecified atom stereocenters. The number of rotatable bonds is 3. The normalized spacial score (nSPS) is 11.7. The molecule has 6 rings (SSSR count). The van der Waals surface area contributed by atoms with Gasteiger partial charge in [0.25, 0.3) is 11.5 Å². The van der Waals surface area contributed by atoms with Crippen molar-refractivity contribution in [1.82, 2.24) is 9.13 Å². The number of thiophene rings is 1. The van der Waals surface area contributed by atoms with Gasteiger partial charge < -0.3 is 14.5 Å². The van der Waals surface area contributed by atoms with Crippen molar-refractivity contribution in [3.8, 4) is 0 Å². The minimum Gasteiger partial charge on any atom is -0.341 e. The highest BCUT2D eigenvalue weighted by Gasteiger charge is 2.17. The number of nitrogens with zero attached hydrogens (tertiary/aromatic N) is 2. The third-order valence-corrected chi connectivity index (χ3v) is 7.51. The molecule has 0 aliphatic rings. The van der Waals surface area contributed by atoms with E-state index in [1.54, 1.807) is 17.7 Å². The van der Waals surface area contributed by atoms with Crippen LogP contribution in [0.3, 0.4) is 0 Å². The third kappa shape index (κ3) is 2.91. The molecule has 0 atom stereocenters. The molecule has 1 N–H and O–H groups in total. The molecule has 0 spiro atoms. The Morgan fingerprint density at radius 3 is 2.33 bits per heavy atom. The van der Waals surface area contributed by atoms with Crippen molar-refractivity contribution in [3.63, 3.8) is 0 Å². The van der Waals surface area contributed by atoms with E-state index in [-0.39, 0.29) is 11.5 Å². The van der Waals surface area contributed by atoms with Crippen LogP contribution in [0.25, 0.3) is 42.8 Å². The summed E-state index contributed by atoms with van der Waals surface area (Å²) in [5, 5.41) is 6.88. The van der Waals surface area contributed by atoms with Crippen molar-refractivity contribution < 1.29 is 4.79 Å². The number of pyridine rings is 1. The quantitative estimate of drug-likeness (QED) is 0.352. The number of carbonyl (C=O) groups is 1. The highest BCUT2D eigenvalue weighted by molar-refractivity contribution is 7.21. The molecule has 0 aliphatic heterocycles. The van der Waals surface area contributed by atoms with E-state index < -0.39 is 0 Å². The van der Waals surface area contributed by atoms with Crippen LogP contribution in [0.15, 0.2) is 77.6 Å². The number of hydrogen-bond donors (Lipinski definition) is 1. The zero-order chi connectivity index (χ0) is 22.7. The molecule has 6 heteroatoms. The van der Waals surface area contributed by atoms with Crippen LogP contribution in [-0.2, 0) is 13.6 Å². The molecule has 0 fully saturated rings. The van der Waals surface area contributed by atoms with Crippen molar-refractivity contribution in [1.29, 1.82) is 0 Å². The van der Waals surface area contributed by atoms with E-state index in [0.29, 0.717) is 10.3 Å². The van der Waals surface area contributed by atoms with Gasteiger partial charge in [-0.25, -0.2) is 0 Å². The molecule has 0 saturated heterocycles. The van der Waals surface area contributed by atoms with E-state index >= 15 is 0 Å². The van der Waals surface area contributed by atoms with Crippen LogP contribution in [0.5, 0.6) is 0 Å². The molecule has 162 valence electrons. The van der Waals surface area contributed by atoms with Gasteiger partial charge in [-0.15, -0.1) is 11.3 Å². The summed E-state index contributed by atoms with van der Waals surface area (Å²) in [6, 6.07) is 23.9. The summed E-state index contributed by atoms with van der Waals surface area (Å²) >= 11 is 1.36. The smallest absolute Gasteiger partial charge is 0.265 e. The second-order valence-corrected chi connectivity index (χ2v) is 9.23. The number of anilines is 1. The van der Waals surface area contributed by atoms with E-state index in [0.717, 1.165) is 38.7 Å². The van der Waals surface area contributed by atoms with Crippen LogP contribution in [0.1, 0.15) is 16.6 Å². The molecule has 1 amide bonds. The van der Waals surface area contributed by atoms with Gasteiger partial charge in [0, 0.05) is 51.2 Å². The predicted molar refractivity (Wildman–Crippen MR) is 138 cm³/mol. The summed E-state index contributed by atoms with van der Waals surface area (Å²) in [5.41, 5.74) is 3.84. The first kappa shape index (κ1) is 19.8. The molecule has 3 aromatic carbocycles. The topological polar surface area (TPSA) is 56.0 Å². The van der Waals surface area contributed by atoms with Crippen LogP contribution in [0, 0.1) is 0 Å². The van der Waals surface area contributed by atoms with Gasteiger partial charge in [-0.1, -0.05) is 36.4 Å². The monoisotopic (exact) mass is 451 g/mol. The summed E-state index contributed by atoms with van der Waals surface area (Å²) < 4.78 is 4.77. The second kappa shape index (κ2) is 7.32. The summed E-state index contributed by atoms with van der Waals surface area (Å²) in [6.45, 7) is 3.01. The van der Waals surface area contributed by atoms with Crippen LogP contribution >= 0.6 is 11.3 Å². The molecule has 33 heavy (non-hydrogen) atoms. The van der Waals surface area contributed by atoms with E-state index in [4.69, 9.17) is 0 Å². The summed E-state index contributed by atoms with van der Waals surface area (Å²) in [7, 11) is 1.77. The van der Waals surface area contributed by atoms with Crippen LogP contribution in [0.2, 0.25) is 0 Å². The van der Waals surface area contributed by atoms with Gasteiger partial charge in [0.1, 0.15) is 0 Å². The van der Waals surface area contributed by atoms with Crippen LogP contribution in [-0.4, -0.2) is 15.0 Å². The fourth-order valence-electron chi connectivity index (χ4n) is 4.77. The number of hydrogen-bond acceptors (Lipinski definition) is 3. The van der Waals surface area contributed by atoms with Gasteiger partial charge in [0.15, 0.2) is 0 Å². The lowest BCUT2D eigenvalue weighted by molar-refractivity contribution is 0.103. The van der Waals surface area contributed by atoms with Crippen molar-refractivity contribution in [2.45, 2.75) is 13.5 Å². The van der Waals surface area contributed by atoms with E-state index in [1.165, 1.54) is 22.2 Å². The zero-order valence-corrected chi connectivity index (χ0v) is 19.1. The first-order chi connectivity index (χ1) is 16.1. The molecule has 0 saturated carbocycles. The van der Waals surface area contributed by atoms with Crippen molar-refractivity contribution >= 4 is 65.7 Å². The Labute approximate surface area is 193 Å². The number of aromatic nitrogens is 2. The van der Waals surface area contributed by atoms with Gasteiger partial charge in [-0.2, -0.15) is 0 Å². The minimum atomic E-state index is -0.207. The van der Waals surface area contributed by atoms with Gasteiger partial charge >= 0.3 is 0 Å². The number of fused-ring (bicyclic) bond motifs is 6. The molecule has 5 nitrogen and oxygen atoms in total. The van der Waals surface area contributed by atoms with E-state index in [9.17, 15) is 9.59 Å². The summed E-state index contributed by atoms with van der Waals surface area (Å²) in [6.07, 6.45) is 0. The molecular formula is C27H21N3O2S. The first-order valence-electron chi connectivity index (χ1n) is 10.9. The summed E-state index contributed by atoms with van der Waals surface area (Å²) in [4.78, 5) is 26.6. The average Bonchev–Trinajstić information content (AvgIpc) is 3.43. The SMILES string of the molecule is CCn1c2ccccc2c2cc(NC(=O)c3cc4c(=O)n(C)c5ccccc5c4s3)ccc21. The zero-order valence-electron chi connectivity index (χ0n) is 18.3. The Morgan fingerprint density at radius 2 is 1.55 bits per heavy atom. The Kier molecular flexibility index (Phi) is 4.38. The maximum Gasteiger partial charge on any atom is 0.265 e. The molecule has 6 aromatic rings. The van der Waals surface area contributed by atoms with Crippen molar-refractivity contribution in [2.24, 2.45) is 7.05 Å². The molecular weight excluding hydrogens is 430 g/mol. The van der Waals surface area contributed by atoms with Crippen LogP contribution in [0.4, 0.5) is 5.69 Å². The first-order valence-corrected chi connectivity index (χ1v) is 11.7. The fraction of sp³-hybridized carbons (Fsp3) is 0.111. The fourth-order valence-corrected chi connectivity index (χ4v) is 5.85. The van der Waals surface area contributed by atoms with Gasteiger partial charge in [0.05, 0.1) is 15.8 Å². The van der Waals surface area contributed by atoms with Gasteiger partial charge in [-0.3, -0.25) is 9.59 Å². The lowest BCUT2D eigenvalue weighted by atomic mass is 10.1. The number of amides is 1. The Bertz CT molecular complexity index is 1790.